The molecule has 0 unspecified atom stereocenters. The summed E-state index contributed by atoms with van der Waals surface area (Å²) in [5.41, 5.74) is 0. The number of aromatic nitrogens is 3. The Morgan fingerprint density at radius 1 is 1.37 bits per heavy atom. The molecule has 2 aliphatic rings. The monoisotopic (exact) mass is 445 g/mol. The minimum atomic E-state index is -5.08. The Morgan fingerprint density at radius 3 is 2.67 bits per heavy atom. The SMILES string of the molecule is CN1[C@H](Cn2cncn2)C[C@@H]2CN(C(=O)c3cccs3)CC[C@@H]21.O=C(O)C(F)(F)F. The molecule has 0 radical (unpaired) electrons. The molecule has 1 amide bonds. The summed E-state index contributed by atoms with van der Waals surface area (Å²) >= 11 is 1.53. The number of alkyl halides is 3. The lowest BCUT2D eigenvalue weighted by Gasteiger charge is -2.37. The van der Waals surface area contributed by atoms with Crippen LogP contribution in [0.2, 0.25) is 0 Å². The van der Waals surface area contributed by atoms with Crippen LogP contribution in [0.5, 0.6) is 0 Å². The number of thiophene rings is 1. The molecule has 4 rings (SSSR count). The Morgan fingerprint density at radius 2 is 2.10 bits per heavy atom. The van der Waals surface area contributed by atoms with Crippen molar-refractivity contribution < 1.29 is 27.9 Å². The average Bonchev–Trinajstić information content (AvgIpc) is 3.44. The highest BCUT2D eigenvalue weighted by Crippen LogP contribution is 2.35. The smallest absolute Gasteiger partial charge is 0.475 e. The van der Waals surface area contributed by atoms with Gasteiger partial charge in [0, 0.05) is 25.2 Å². The van der Waals surface area contributed by atoms with Crippen molar-refractivity contribution in [2.24, 2.45) is 5.92 Å². The van der Waals surface area contributed by atoms with Gasteiger partial charge in [0.1, 0.15) is 12.7 Å². The van der Waals surface area contributed by atoms with Crippen LogP contribution >= 0.6 is 11.3 Å². The number of hydrogen-bond donors (Lipinski definition) is 1. The molecule has 3 atom stereocenters. The first-order valence-electron chi connectivity index (χ1n) is 9.34. The van der Waals surface area contributed by atoms with Crippen molar-refractivity contribution in [3.05, 3.63) is 35.0 Å². The van der Waals surface area contributed by atoms with Gasteiger partial charge in [0.25, 0.3) is 5.91 Å². The minimum Gasteiger partial charge on any atom is -0.475 e. The molecule has 2 aliphatic heterocycles. The first kappa shape index (κ1) is 22.2. The molecular formula is C18H22F3N5O3S. The number of fused-ring (bicyclic) bond motifs is 1. The van der Waals surface area contributed by atoms with Crippen LogP contribution in [0, 0.1) is 5.92 Å². The highest BCUT2D eigenvalue weighted by molar-refractivity contribution is 7.12. The molecule has 2 fully saturated rings. The van der Waals surface area contributed by atoms with Gasteiger partial charge in [-0.2, -0.15) is 18.3 Å². The van der Waals surface area contributed by atoms with Gasteiger partial charge < -0.3 is 10.0 Å². The Balaban J connectivity index is 0.000000318. The zero-order valence-electron chi connectivity index (χ0n) is 16.2. The van der Waals surface area contributed by atoms with Crippen LogP contribution in [0.25, 0.3) is 0 Å². The molecule has 0 aromatic carbocycles. The summed E-state index contributed by atoms with van der Waals surface area (Å²) < 4.78 is 33.6. The Bertz CT molecular complexity index is 844. The van der Waals surface area contributed by atoms with Gasteiger partial charge in [-0.3, -0.25) is 14.4 Å². The maximum absolute atomic E-state index is 12.6. The Hall–Kier alpha value is -2.47. The molecule has 164 valence electrons. The van der Waals surface area contributed by atoms with E-state index in [2.05, 4.69) is 22.0 Å². The summed E-state index contributed by atoms with van der Waals surface area (Å²) in [5.74, 6) is -2.00. The van der Waals surface area contributed by atoms with Crippen molar-refractivity contribution in [3.8, 4) is 0 Å². The van der Waals surface area contributed by atoms with Gasteiger partial charge in [-0.15, -0.1) is 11.3 Å². The van der Waals surface area contributed by atoms with E-state index in [0.717, 1.165) is 37.4 Å². The van der Waals surface area contributed by atoms with Crippen molar-refractivity contribution in [3.63, 3.8) is 0 Å². The van der Waals surface area contributed by atoms with Gasteiger partial charge in [0.2, 0.25) is 0 Å². The van der Waals surface area contributed by atoms with Crippen LogP contribution in [-0.2, 0) is 11.3 Å². The maximum atomic E-state index is 12.6. The predicted molar refractivity (Wildman–Crippen MR) is 102 cm³/mol. The molecule has 2 aromatic rings. The molecule has 2 saturated heterocycles. The van der Waals surface area contributed by atoms with E-state index in [1.54, 1.807) is 12.7 Å². The summed E-state index contributed by atoms with van der Waals surface area (Å²) in [6.07, 6.45) is 0.466. The molecule has 12 heteroatoms. The van der Waals surface area contributed by atoms with E-state index < -0.39 is 12.1 Å². The van der Waals surface area contributed by atoms with E-state index in [0.29, 0.717) is 18.0 Å². The van der Waals surface area contributed by atoms with E-state index in [1.165, 1.54) is 11.3 Å². The van der Waals surface area contributed by atoms with Crippen LogP contribution in [0.3, 0.4) is 0 Å². The normalized spacial score (nSPS) is 24.1. The van der Waals surface area contributed by atoms with Crippen molar-refractivity contribution in [2.75, 3.05) is 20.1 Å². The second kappa shape index (κ2) is 9.13. The summed E-state index contributed by atoms with van der Waals surface area (Å²) in [4.78, 5) is 30.9. The quantitative estimate of drug-likeness (QED) is 0.779. The highest BCUT2D eigenvalue weighted by Gasteiger charge is 2.43. The van der Waals surface area contributed by atoms with Crippen molar-refractivity contribution >= 4 is 23.2 Å². The summed E-state index contributed by atoms with van der Waals surface area (Å²) in [6.45, 7) is 2.61. The second-order valence-corrected chi connectivity index (χ2v) is 8.27. The fourth-order valence-electron chi connectivity index (χ4n) is 4.06. The number of aliphatic carboxylic acids is 1. The van der Waals surface area contributed by atoms with Crippen molar-refractivity contribution in [1.29, 1.82) is 0 Å². The number of halogens is 3. The lowest BCUT2D eigenvalue weighted by atomic mass is 9.92. The number of rotatable bonds is 3. The maximum Gasteiger partial charge on any atom is 0.490 e. The zero-order chi connectivity index (χ0) is 21.9. The van der Waals surface area contributed by atoms with Crippen molar-refractivity contribution in [2.45, 2.75) is 37.6 Å². The third-order valence-electron chi connectivity index (χ3n) is 5.49. The van der Waals surface area contributed by atoms with Gasteiger partial charge in [0.15, 0.2) is 0 Å². The number of piperidine rings is 1. The van der Waals surface area contributed by atoms with Gasteiger partial charge in [-0.1, -0.05) is 6.07 Å². The summed E-state index contributed by atoms with van der Waals surface area (Å²) in [5, 5.41) is 13.3. The van der Waals surface area contributed by atoms with Gasteiger partial charge in [0.05, 0.1) is 11.4 Å². The van der Waals surface area contributed by atoms with Crippen LogP contribution in [-0.4, -0.2) is 79.9 Å². The second-order valence-electron chi connectivity index (χ2n) is 7.32. The number of hydrogen-bond acceptors (Lipinski definition) is 6. The molecule has 4 heterocycles. The van der Waals surface area contributed by atoms with E-state index >= 15 is 0 Å². The molecule has 0 bridgehead atoms. The first-order valence-corrected chi connectivity index (χ1v) is 10.2. The fourth-order valence-corrected chi connectivity index (χ4v) is 4.75. The van der Waals surface area contributed by atoms with E-state index in [-0.39, 0.29) is 5.91 Å². The molecule has 30 heavy (non-hydrogen) atoms. The molecule has 0 aliphatic carbocycles. The number of nitrogens with zero attached hydrogens (tertiary/aromatic N) is 5. The van der Waals surface area contributed by atoms with Gasteiger partial charge >= 0.3 is 12.1 Å². The van der Waals surface area contributed by atoms with E-state index in [9.17, 15) is 18.0 Å². The lowest BCUT2D eigenvalue weighted by molar-refractivity contribution is -0.192. The Kier molecular flexibility index (Phi) is 6.76. The summed E-state index contributed by atoms with van der Waals surface area (Å²) in [7, 11) is 2.21. The highest BCUT2D eigenvalue weighted by atomic mass is 32.1. The molecular weight excluding hydrogens is 423 g/mol. The summed E-state index contributed by atoms with van der Waals surface area (Å²) in [6, 6.07) is 4.93. The third-order valence-corrected chi connectivity index (χ3v) is 6.35. The van der Waals surface area contributed by atoms with E-state index in [4.69, 9.17) is 9.90 Å². The van der Waals surface area contributed by atoms with E-state index in [1.807, 2.05) is 27.1 Å². The molecule has 0 spiro atoms. The number of amides is 1. The van der Waals surface area contributed by atoms with Gasteiger partial charge in [-0.05, 0) is 37.3 Å². The molecule has 1 N–H and O–H groups in total. The zero-order valence-corrected chi connectivity index (χ0v) is 17.0. The number of likely N-dealkylation sites (N-methyl/N-ethyl adjacent to an activating group) is 1. The lowest BCUT2D eigenvalue weighted by Crippen LogP contribution is -2.47. The molecule has 0 saturated carbocycles. The predicted octanol–water partition coefficient (Wildman–Crippen LogP) is 2.21. The number of carbonyl (C=O) groups excluding carboxylic acids is 1. The average molecular weight is 445 g/mol. The standard InChI is InChI=1S/C16H21N5OS.C2HF3O2/c1-19-13(9-21-11-17-10-18-21)7-12-8-20(5-4-14(12)19)16(22)15-3-2-6-23-15;3-2(4,5)1(6)7/h2-3,6,10-14H,4-5,7-9H2,1H3;(H,6,7)/t12-,13+,14+;/m1./s1. The minimum absolute atomic E-state index is 0.195. The van der Waals surface area contributed by atoms with Crippen LogP contribution < -0.4 is 0 Å². The number of likely N-dealkylation sites (tertiary alicyclic amines) is 2. The third kappa shape index (κ3) is 5.17. The largest absolute Gasteiger partial charge is 0.490 e. The number of carboxylic acid groups (broad SMARTS) is 1. The molecule has 8 nitrogen and oxygen atoms in total. The van der Waals surface area contributed by atoms with Crippen LogP contribution in [0.1, 0.15) is 22.5 Å². The van der Waals surface area contributed by atoms with Crippen molar-refractivity contribution in [1.82, 2.24) is 24.6 Å². The van der Waals surface area contributed by atoms with Gasteiger partial charge in [-0.25, -0.2) is 9.78 Å². The molecule has 2 aromatic heterocycles. The number of carboxylic acids is 1. The van der Waals surface area contributed by atoms with Crippen LogP contribution in [0.4, 0.5) is 13.2 Å². The van der Waals surface area contributed by atoms with Crippen LogP contribution in [0.15, 0.2) is 30.2 Å². The fraction of sp³-hybridized carbons (Fsp3) is 0.556. The topological polar surface area (TPSA) is 91.6 Å². The first-order chi connectivity index (χ1) is 14.2. The number of carbonyl (C=O) groups is 2. The Labute approximate surface area is 174 Å².